The number of hydrogen-bond acceptors (Lipinski definition) is 2. The molecule has 0 radical (unpaired) electrons. The van der Waals surface area contributed by atoms with Gasteiger partial charge in [-0.1, -0.05) is 44.2 Å². The Hall–Kier alpha value is -1.00. The number of halogens is 2. The van der Waals surface area contributed by atoms with Crippen molar-refractivity contribution in [3.8, 4) is 0 Å². The summed E-state index contributed by atoms with van der Waals surface area (Å²) in [5, 5.41) is 9.86. The first-order valence-electron chi connectivity index (χ1n) is 6.60. The van der Waals surface area contributed by atoms with Gasteiger partial charge < -0.3 is 10.0 Å². The summed E-state index contributed by atoms with van der Waals surface area (Å²) in [5.74, 6) is -1.17. The van der Waals surface area contributed by atoms with Crippen LogP contribution in [-0.2, 0) is 6.54 Å². The second-order valence-corrected chi connectivity index (χ2v) is 5.34. The summed E-state index contributed by atoms with van der Waals surface area (Å²) < 4.78 is 25.1. The Morgan fingerprint density at radius 2 is 1.74 bits per heavy atom. The lowest BCUT2D eigenvalue weighted by molar-refractivity contribution is -0.0287. The van der Waals surface area contributed by atoms with E-state index >= 15 is 0 Å². The normalized spacial score (nSPS) is 16.6. The summed E-state index contributed by atoms with van der Waals surface area (Å²) in [4.78, 5) is 2.04. The highest BCUT2D eigenvalue weighted by molar-refractivity contribution is 5.14. The van der Waals surface area contributed by atoms with Gasteiger partial charge in [0.05, 0.1) is 6.10 Å². The number of rotatable bonds is 7. The van der Waals surface area contributed by atoms with Gasteiger partial charge in [0.15, 0.2) is 0 Å². The van der Waals surface area contributed by atoms with E-state index in [1.54, 1.807) is 0 Å². The molecular formula is C15H23F2NO. The van der Waals surface area contributed by atoms with Crippen LogP contribution in [0.1, 0.15) is 19.4 Å². The first kappa shape index (κ1) is 16.1. The molecule has 19 heavy (non-hydrogen) atoms. The zero-order valence-corrected chi connectivity index (χ0v) is 11.8. The van der Waals surface area contributed by atoms with Crippen LogP contribution in [0.25, 0.3) is 0 Å². The van der Waals surface area contributed by atoms with Crippen LogP contribution in [0.3, 0.4) is 0 Å². The Kier molecular flexibility index (Phi) is 6.38. The quantitative estimate of drug-likeness (QED) is 0.824. The Bertz CT molecular complexity index is 358. The summed E-state index contributed by atoms with van der Waals surface area (Å²) in [7, 11) is 1.93. The third-order valence-electron chi connectivity index (χ3n) is 3.41. The second-order valence-electron chi connectivity index (χ2n) is 5.34. The molecule has 0 aliphatic heterocycles. The summed E-state index contributed by atoms with van der Waals surface area (Å²) >= 11 is 0. The highest BCUT2D eigenvalue weighted by Crippen LogP contribution is 2.20. The van der Waals surface area contributed by atoms with E-state index in [0.29, 0.717) is 6.54 Å². The van der Waals surface area contributed by atoms with Gasteiger partial charge in [0.1, 0.15) is 0 Å². The minimum Gasteiger partial charge on any atom is -0.392 e. The van der Waals surface area contributed by atoms with Gasteiger partial charge in [0.2, 0.25) is 6.43 Å². The largest absolute Gasteiger partial charge is 0.392 e. The molecule has 4 heteroatoms. The molecule has 0 saturated carbocycles. The first-order valence-corrected chi connectivity index (χ1v) is 6.60. The Balaban J connectivity index is 2.45. The number of benzene rings is 1. The molecule has 1 aromatic carbocycles. The zero-order valence-electron chi connectivity index (χ0n) is 11.8. The van der Waals surface area contributed by atoms with Gasteiger partial charge in [-0.25, -0.2) is 8.78 Å². The van der Waals surface area contributed by atoms with Crippen molar-refractivity contribution in [3.05, 3.63) is 35.9 Å². The van der Waals surface area contributed by atoms with Crippen molar-refractivity contribution >= 4 is 0 Å². The SMILES string of the molecule is C[C@H](CN(C)Cc1ccccc1)[C@H](O)[C@H](C)C(F)F. The fraction of sp³-hybridized carbons (Fsp3) is 0.600. The smallest absolute Gasteiger partial charge is 0.243 e. The fourth-order valence-corrected chi connectivity index (χ4v) is 2.23. The highest BCUT2D eigenvalue weighted by atomic mass is 19.3. The minimum atomic E-state index is -2.48. The van der Waals surface area contributed by atoms with Crippen molar-refractivity contribution in [2.75, 3.05) is 13.6 Å². The average Bonchev–Trinajstić information content (AvgIpc) is 2.37. The van der Waals surface area contributed by atoms with Crippen molar-refractivity contribution in [3.63, 3.8) is 0 Å². The van der Waals surface area contributed by atoms with Crippen molar-refractivity contribution < 1.29 is 13.9 Å². The summed E-state index contributed by atoms with van der Waals surface area (Å²) in [6.45, 7) is 4.54. The van der Waals surface area contributed by atoms with E-state index in [9.17, 15) is 13.9 Å². The van der Waals surface area contributed by atoms with Gasteiger partial charge in [-0.15, -0.1) is 0 Å². The lowest BCUT2D eigenvalue weighted by Gasteiger charge is -2.28. The first-order chi connectivity index (χ1) is 8.91. The highest BCUT2D eigenvalue weighted by Gasteiger charge is 2.28. The maximum Gasteiger partial charge on any atom is 0.243 e. The fourth-order valence-electron chi connectivity index (χ4n) is 2.23. The Morgan fingerprint density at radius 1 is 1.16 bits per heavy atom. The molecule has 2 nitrogen and oxygen atoms in total. The molecule has 1 aromatic rings. The predicted octanol–water partition coefficient (Wildman–Crippen LogP) is 3.02. The molecule has 0 aliphatic carbocycles. The summed E-state index contributed by atoms with van der Waals surface area (Å²) in [6.07, 6.45) is -3.45. The van der Waals surface area contributed by atoms with Crippen molar-refractivity contribution in [1.29, 1.82) is 0 Å². The number of nitrogens with zero attached hydrogens (tertiary/aromatic N) is 1. The van der Waals surface area contributed by atoms with Gasteiger partial charge in [-0.05, 0) is 18.5 Å². The third kappa shape index (κ3) is 5.25. The van der Waals surface area contributed by atoms with Crippen LogP contribution in [0, 0.1) is 11.8 Å². The van der Waals surface area contributed by atoms with Gasteiger partial charge in [-0.2, -0.15) is 0 Å². The van der Waals surface area contributed by atoms with E-state index in [4.69, 9.17) is 0 Å². The van der Waals surface area contributed by atoms with E-state index in [1.807, 2.05) is 49.2 Å². The molecule has 0 amide bonds. The number of aliphatic hydroxyl groups is 1. The number of alkyl halides is 2. The molecule has 0 aliphatic rings. The van der Waals surface area contributed by atoms with Crippen LogP contribution < -0.4 is 0 Å². The van der Waals surface area contributed by atoms with E-state index in [2.05, 4.69) is 0 Å². The van der Waals surface area contributed by atoms with E-state index in [-0.39, 0.29) is 5.92 Å². The molecule has 3 atom stereocenters. The molecule has 1 rings (SSSR count). The van der Waals surface area contributed by atoms with E-state index < -0.39 is 18.4 Å². The zero-order chi connectivity index (χ0) is 14.4. The van der Waals surface area contributed by atoms with Crippen LogP contribution in [0.4, 0.5) is 8.78 Å². The molecule has 0 saturated heterocycles. The number of hydrogen-bond donors (Lipinski definition) is 1. The lowest BCUT2D eigenvalue weighted by atomic mass is 9.93. The third-order valence-corrected chi connectivity index (χ3v) is 3.41. The lowest BCUT2D eigenvalue weighted by Crippen LogP contribution is -2.36. The Morgan fingerprint density at radius 3 is 2.26 bits per heavy atom. The van der Waals surface area contributed by atoms with Crippen molar-refractivity contribution in [2.45, 2.75) is 32.9 Å². The van der Waals surface area contributed by atoms with Crippen LogP contribution in [0.2, 0.25) is 0 Å². The molecule has 0 aromatic heterocycles. The maximum atomic E-state index is 12.5. The minimum absolute atomic E-state index is 0.183. The van der Waals surface area contributed by atoms with Gasteiger partial charge in [0.25, 0.3) is 0 Å². The molecule has 0 fully saturated rings. The predicted molar refractivity (Wildman–Crippen MR) is 73.1 cm³/mol. The van der Waals surface area contributed by atoms with Gasteiger partial charge in [-0.3, -0.25) is 0 Å². The number of aliphatic hydroxyl groups excluding tert-OH is 1. The van der Waals surface area contributed by atoms with Gasteiger partial charge in [0, 0.05) is 19.0 Å². The standard InChI is InChI=1S/C15H23F2NO/c1-11(14(19)12(2)15(16)17)9-18(3)10-13-7-5-4-6-8-13/h4-8,11-12,14-15,19H,9-10H2,1-3H3/t11-,12+,14+/m1/s1. The van der Waals surface area contributed by atoms with Crippen LogP contribution >= 0.6 is 0 Å². The van der Waals surface area contributed by atoms with E-state index in [0.717, 1.165) is 6.54 Å². The summed E-state index contributed by atoms with van der Waals surface area (Å²) in [5.41, 5.74) is 1.17. The molecule has 108 valence electrons. The molecule has 0 spiro atoms. The molecule has 1 N–H and O–H groups in total. The van der Waals surface area contributed by atoms with Gasteiger partial charge >= 0.3 is 0 Å². The molecule has 0 bridgehead atoms. The van der Waals surface area contributed by atoms with Crippen LogP contribution in [0.5, 0.6) is 0 Å². The molecular weight excluding hydrogens is 248 g/mol. The Labute approximate surface area is 114 Å². The maximum absolute atomic E-state index is 12.5. The average molecular weight is 271 g/mol. The van der Waals surface area contributed by atoms with Crippen molar-refractivity contribution in [2.24, 2.45) is 11.8 Å². The molecule has 0 heterocycles. The second kappa shape index (κ2) is 7.56. The molecule has 0 unspecified atom stereocenters. The van der Waals surface area contributed by atoms with Crippen molar-refractivity contribution in [1.82, 2.24) is 4.90 Å². The van der Waals surface area contributed by atoms with E-state index in [1.165, 1.54) is 12.5 Å². The summed E-state index contributed by atoms with van der Waals surface area (Å²) in [6, 6.07) is 9.96. The van der Waals surface area contributed by atoms with Crippen LogP contribution in [0.15, 0.2) is 30.3 Å². The topological polar surface area (TPSA) is 23.5 Å². The van der Waals surface area contributed by atoms with Crippen LogP contribution in [-0.4, -0.2) is 36.1 Å². The monoisotopic (exact) mass is 271 g/mol.